The molecule has 30 heavy (non-hydrogen) atoms. The maximum Gasteiger partial charge on any atom is 0.248 e. The van der Waals surface area contributed by atoms with Gasteiger partial charge in [-0.25, -0.2) is 18.7 Å². The zero-order valence-electron chi connectivity index (χ0n) is 16.0. The lowest BCUT2D eigenvalue weighted by molar-refractivity contribution is 0.515. The molecule has 0 atom stereocenters. The van der Waals surface area contributed by atoms with E-state index in [9.17, 15) is 13.6 Å². The fraction of sp³-hybridized carbons (Fsp3) is 0.174. The molecular formula is C23H18F2N4O. The maximum absolute atomic E-state index is 14.3. The molecule has 0 saturated heterocycles. The van der Waals surface area contributed by atoms with E-state index in [1.165, 1.54) is 17.7 Å². The average Bonchev–Trinajstić information content (AvgIpc) is 3.61. The lowest BCUT2D eigenvalue weighted by atomic mass is 10.0. The van der Waals surface area contributed by atoms with Crippen LogP contribution in [0, 0.1) is 11.6 Å². The van der Waals surface area contributed by atoms with E-state index in [-0.39, 0.29) is 12.1 Å². The summed E-state index contributed by atoms with van der Waals surface area (Å²) in [5, 5.41) is 0.443. The molecule has 0 spiro atoms. The summed E-state index contributed by atoms with van der Waals surface area (Å²) in [6, 6.07) is 13.7. The number of aromatic nitrogens is 3. The van der Waals surface area contributed by atoms with E-state index in [2.05, 4.69) is 21.0 Å². The van der Waals surface area contributed by atoms with Gasteiger partial charge < -0.3 is 9.88 Å². The van der Waals surface area contributed by atoms with Crippen molar-refractivity contribution < 1.29 is 8.78 Å². The Hall–Kier alpha value is -3.61. The minimum absolute atomic E-state index is 0.137. The number of nitrogens with one attached hydrogen (secondary N) is 1. The van der Waals surface area contributed by atoms with Crippen LogP contribution in [-0.4, -0.2) is 15.0 Å². The van der Waals surface area contributed by atoms with Crippen molar-refractivity contribution in [3.8, 4) is 0 Å². The highest BCUT2D eigenvalue weighted by molar-refractivity contribution is 5.83. The number of hydrogen-bond donors (Lipinski definition) is 1. The molecule has 0 bridgehead atoms. The number of halogens is 2. The number of pyridine rings is 1. The largest absolute Gasteiger partial charge is 0.319 e. The van der Waals surface area contributed by atoms with E-state index >= 15 is 0 Å². The quantitative estimate of drug-likeness (QED) is 0.518. The number of fused-ring (bicyclic) bond motifs is 1. The molecule has 0 unspecified atom stereocenters. The van der Waals surface area contributed by atoms with Gasteiger partial charge in [-0.2, -0.15) is 0 Å². The minimum atomic E-state index is -1.06. The molecule has 2 aromatic heterocycles. The van der Waals surface area contributed by atoms with E-state index < -0.39 is 17.2 Å². The summed E-state index contributed by atoms with van der Waals surface area (Å²) >= 11 is 0. The van der Waals surface area contributed by atoms with Crippen LogP contribution >= 0.6 is 0 Å². The summed E-state index contributed by atoms with van der Waals surface area (Å²) in [5.74, 6) is -1.11. The molecule has 2 aromatic carbocycles. The van der Waals surface area contributed by atoms with Gasteiger partial charge in [0, 0.05) is 29.5 Å². The van der Waals surface area contributed by atoms with Crippen molar-refractivity contribution in [2.75, 3.05) is 4.90 Å². The predicted molar refractivity (Wildman–Crippen MR) is 111 cm³/mol. The number of anilines is 2. The number of nitrogens with zero attached hydrogens (tertiary/aromatic N) is 3. The van der Waals surface area contributed by atoms with Gasteiger partial charge in [0.1, 0.15) is 0 Å². The number of benzene rings is 2. The van der Waals surface area contributed by atoms with Crippen molar-refractivity contribution in [2.24, 2.45) is 0 Å². The van der Waals surface area contributed by atoms with E-state index in [1.807, 2.05) is 23.1 Å². The molecule has 4 aromatic rings. The number of para-hydroxylation sites is 1. The second-order valence-electron chi connectivity index (χ2n) is 7.41. The van der Waals surface area contributed by atoms with Crippen molar-refractivity contribution in [3.05, 3.63) is 94.0 Å². The molecule has 1 fully saturated rings. The van der Waals surface area contributed by atoms with Gasteiger partial charge in [0.05, 0.1) is 12.1 Å². The smallest absolute Gasteiger partial charge is 0.248 e. The normalized spacial score (nSPS) is 13.5. The van der Waals surface area contributed by atoms with E-state index in [0.717, 1.165) is 24.6 Å². The Balaban J connectivity index is 1.68. The summed E-state index contributed by atoms with van der Waals surface area (Å²) in [5.41, 5.74) is 2.07. The molecule has 0 aliphatic heterocycles. The minimum Gasteiger partial charge on any atom is -0.319 e. The summed E-state index contributed by atoms with van der Waals surface area (Å²) in [7, 11) is 0. The highest BCUT2D eigenvalue weighted by atomic mass is 19.2. The number of H-pyrrole nitrogens is 1. The summed E-state index contributed by atoms with van der Waals surface area (Å²) < 4.78 is 28.1. The lowest BCUT2D eigenvalue weighted by Gasteiger charge is -2.26. The van der Waals surface area contributed by atoms with Gasteiger partial charge in [-0.3, -0.25) is 4.79 Å². The number of aromatic amines is 1. The van der Waals surface area contributed by atoms with Crippen LogP contribution in [0.5, 0.6) is 0 Å². The molecule has 1 aliphatic carbocycles. The summed E-state index contributed by atoms with van der Waals surface area (Å²) in [6.45, 7) is 0.235. The van der Waals surface area contributed by atoms with Gasteiger partial charge in [0.2, 0.25) is 11.5 Å². The van der Waals surface area contributed by atoms with Gasteiger partial charge in [0.15, 0.2) is 11.6 Å². The van der Waals surface area contributed by atoms with Gasteiger partial charge in [0.25, 0.3) is 0 Å². The molecule has 5 rings (SSSR count). The molecule has 0 radical (unpaired) electrons. The predicted octanol–water partition coefficient (Wildman–Crippen LogP) is 4.81. The van der Waals surface area contributed by atoms with Gasteiger partial charge in [-0.05, 0) is 54.2 Å². The topological polar surface area (TPSA) is 61.9 Å². The monoisotopic (exact) mass is 404 g/mol. The first-order valence-electron chi connectivity index (χ1n) is 9.75. The van der Waals surface area contributed by atoms with Crippen LogP contribution in [0.4, 0.5) is 20.4 Å². The Morgan fingerprint density at radius 2 is 1.80 bits per heavy atom. The van der Waals surface area contributed by atoms with Gasteiger partial charge in [-0.15, -0.1) is 0 Å². The highest BCUT2D eigenvalue weighted by Crippen LogP contribution is 2.45. The van der Waals surface area contributed by atoms with Crippen LogP contribution < -0.4 is 10.5 Å². The Bertz CT molecular complexity index is 1290. The molecule has 150 valence electrons. The van der Waals surface area contributed by atoms with Crippen molar-refractivity contribution in [3.63, 3.8) is 0 Å². The van der Waals surface area contributed by atoms with Crippen LogP contribution in [0.1, 0.15) is 29.9 Å². The number of hydrogen-bond acceptors (Lipinski definition) is 4. The third-order valence-corrected chi connectivity index (χ3v) is 5.36. The van der Waals surface area contributed by atoms with Crippen molar-refractivity contribution in [1.29, 1.82) is 0 Å². The van der Waals surface area contributed by atoms with Crippen LogP contribution in [0.3, 0.4) is 0 Å². The zero-order valence-corrected chi connectivity index (χ0v) is 16.0. The van der Waals surface area contributed by atoms with E-state index in [0.29, 0.717) is 22.8 Å². The molecule has 1 aliphatic rings. The fourth-order valence-electron chi connectivity index (χ4n) is 3.80. The standard InChI is InChI=1S/C23H18F2N4O/c24-18-9-8-17-15(12-20(30)28-22(17)21(18)25)13-29(23-26-10-3-11-27-23)19-5-2-1-4-16(19)14-6-7-14/h1-5,8-12,14H,6-7,13H2,(H,28,30). The van der Waals surface area contributed by atoms with Crippen LogP contribution in [0.25, 0.3) is 10.9 Å². The Kier molecular flexibility index (Phi) is 4.50. The SMILES string of the molecule is O=c1cc(CN(c2ncccn2)c2ccccc2C2CC2)c2ccc(F)c(F)c2[nH]1. The van der Waals surface area contributed by atoms with E-state index in [4.69, 9.17) is 0 Å². The second-order valence-corrected chi connectivity index (χ2v) is 7.41. The molecule has 0 amide bonds. The summed E-state index contributed by atoms with van der Waals surface area (Å²) in [6.07, 6.45) is 5.55. The molecular weight excluding hydrogens is 386 g/mol. The maximum atomic E-state index is 14.3. The number of rotatable bonds is 5. The van der Waals surface area contributed by atoms with Crippen LogP contribution in [0.15, 0.2) is 65.7 Å². The first-order chi connectivity index (χ1) is 14.6. The molecule has 1 saturated carbocycles. The third kappa shape index (κ3) is 3.32. The fourth-order valence-corrected chi connectivity index (χ4v) is 3.80. The summed E-state index contributed by atoms with van der Waals surface area (Å²) in [4.78, 5) is 25.3. The molecule has 5 nitrogen and oxygen atoms in total. The Labute approximate surface area is 171 Å². The Morgan fingerprint density at radius 1 is 1.03 bits per heavy atom. The molecule has 1 N–H and O–H groups in total. The van der Waals surface area contributed by atoms with Crippen LogP contribution in [0.2, 0.25) is 0 Å². The Morgan fingerprint density at radius 3 is 2.57 bits per heavy atom. The molecule has 2 heterocycles. The first kappa shape index (κ1) is 18.4. The average molecular weight is 404 g/mol. The zero-order chi connectivity index (χ0) is 20.7. The lowest BCUT2D eigenvalue weighted by Crippen LogP contribution is -2.22. The van der Waals surface area contributed by atoms with Crippen LogP contribution in [-0.2, 0) is 6.54 Å². The van der Waals surface area contributed by atoms with Crippen molar-refractivity contribution in [1.82, 2.24) is 15.0 Å². The highest BCUT2D eigenvalue weighted by Gasteiger charge is 2.28. The van der Waals surface area contributed by atoms with Crippen molar-refractivity contribution >= 4 is 22.5 Å². The third-order valence-electron chi connectivity index (χ3n) is 5.36. The van der Waals surface area contributed by atoms with E-state index in [1.54, 1.807) is 18.5 Å². The first-order valence-corrected chi connectivity index (χ1v) is 9.75. The second kappa shape index (κ2) is 7.33. The van der Waals surface area contributed by atoms with Gasteiger partial charge in [-0.1, -0.05) is 18.2 Å². The van der Waals surface area contributed by atoms with Gasteiger partial charge >= 0.3 is 0 Å². The molecule has 7 heteroatoms. The van der Waals surface area contributed by atoms with Crippen molar-refractivity contribution in [2.45, 2.75) is 25.3 Å².